The van der Waals surface area contributed by atoms with E-state index in [1.54, 1.807) is 4.90 Å². The van der Waals surface area contributed by atoms with Gasteiger partial charge in [-0.25, -0.2) is 0 Å². The first-order valence-corrected chi connectivity index (χ1v) is 10.3. The third-order valence-corrected chi connectivity index (χ3v) is 5.98. The van der Waals surface area contributed by atoms with Crippen LogP contribution in [-0.4, -0.2) is 84.8 Å². The number of benzene rings is 1. The molecule has 3 saturated heterocycles. The van der Waals surface area contributed by atoms with Crippen LogP contribution in [0.2, 0.25) is 0 Å². The molecule has 0 atom stereocenters. The minimum Gasteiger partial charge on any atom is -0.342 e. The highest BCUT2D eigenvalue weighted by Gasteiger charge is 2.29. The minimum absolute atomic E-state index is 0.0270. The number of nitrogens with zero attached hydrogens (tertiary/aromatic N) is 4. The monoisotopic (exact) mass is 384 g/mol. The van der Waals surface area contributed by atoms with Gasteiger partial charge in [-0.2, -0.15) is 0 Å². The highest BCUT2D eigenvalue weighted by molar-refractivity contribution is 6.05. The summed E-state index contributed by atoms with van der Waals surface area (Å²) in [5.41, 5.74) is 1.32. The van der Waals surface area contributed by atoms with Crippen molar-refractivity contribution in [2.24, 2.45) is 0 Å². The Labute approximate surface area is 165 Å². The van der Waals surface area contributed by atoms with Crippen LogP contribution < -0.4 is 4.90 Å². The average molecular weight is 384 g/mol. The predicted molar refractivity (Wildman–Crippen MR) is 106 cm³/mol. The number of piperazine rings is 1. The van der Waals surface area contributed by atoms with E-state index >= 15 is 0 Å². The zero-order chi connectivity index (χ0) is 19.5. The van der Waals surface area contributed by atoms with E-state index in [9.17, 15) is 14.4 Å². The van der Waals surface area contributed by atoms with Gasteiger partial charge in [0.05, 0.1) is 17.8 Å². The summed E-state index contributed by atoms with van der Waals surface area (Å²) < 4.78 is 0. The molecule has 1 aromatic rings. The second-order valence-corrected chi connectivity index (χ2v) is 7.82. The molecule has 0 radical (unpaired) electrons. The smallest absolute Gasteiger partial charge is 0.256 e. The van der Waals surface area contributed by atoms with Crippen molar-refractivity contribution in [1.29, 1.82) is 0 Å². The Morgan fingerprint density at radius 3 is 2.21 bits per heavy atom. The van der Waals surface area contributed by atoms with Gasteiger partial charge >= 0.3 is 0 Å². The number of hydrogen-bond acceptors (Lipinski definition) is 4. The van der Waals surface area contributed by atoms with Gasteiger partial charge in [-0.15, -0.1) is 0 Å². The maximum Gasteiger partial charge on any atom is 0.256 e. The van der Waals surface area contributed by atoms with Crippen LogP contribution in [0.25, 0.3) is 0 Å². The quantitative estimate of drug-likeness (QED) is 0.782. The normalized spacial score (nSPS) is 20.9. The van der Waals surface area contributed by atoms with Gasteiger partial charge in [-0.3, -0.25) is 19.3 Å². The van der Waals surface area contributed by atoms with Crippen LogP contribution in [0, 0.1) is 0 Å². The first-order valence-electron chi connectivity index (χ1n) is 10.3. The molecular formula is C21H28N4O3. The van der Waals surface area contributed by atoms with E-state index in [4.69, 9.17) is 0 Å². The van der Waals surface area contributed by atoms with Crippen molar-refractivity contribution in [2.45, 2.75) is 25.7 Å². The van der Waals surface area contributed by atoms with E-state index in [1.165, 1.54) is 0 Å². The van der Waals surface area contributed by atoms with Crippen LogP contribution in [0.3, 0.4) is 0 Å². The van der Waals surface area contributed by atoms with Gasteiger partial charge in [0.1, 0.15) is 0 Å². The molecule has 3 heterocycles. The molecule has 0 saturated carbocycles. The lowest BCUT2D eigenvalue weighted by molar-refractivity contribution is -0.131. The zero-order valence-electron chi connectivity index (χ0n) is 16.3. The van der Waals surface area contributed by atoms with E-state index in [0.29, 0.717) is 51.3 Å². The molecule has 3 aliphatic heterocycles. The Morgan fingerprint density at radius 1 is 0.821 bits per heavy atom. The first-order chi connectivity index (χ1) is 13.6. The fourth-order valence-electron chi connectivity index (χ4n) is 4.33. The number of rotatable bonds is 4. The number of para-hydroxylation sites is 1. The minimum atomic E-state index is -0.0270. The predicted octanol–water partition coefficient (Wildman–Crippen LogP) is 1.19. The van der Waals surface area contributed by atoms with Gasteiger partial charge in [0.15, 0.2) is 0 Å². The average Bonchev–Trinajstić information content (AvgIpc) is 3.40. The second-order valence-electron chi connectivity index (χ2n) is 7.82. The lowest BCUT2D eigenvalue weighted by atomic mass is 10.1. The zero-order valence-corrected chi connectivity index (χ0v) is 16.3. The topological polar surface area (TPSA) is 64.2 Å². The molecule has 0 unspecified atom stereocenters. The van der Waals surface area contributed by atoms with Gasteiger partial charge in [0.2, 0.25) is 11.8 Å². The van der Waals surface area contributed by atoms with Crippen LogP contribution in [0.4, 0.5) is 5.69 Å². The molecule has 4 rings (SSSR count). The molecule has 3 amide bonds. The van der Waals surface area contributed by atoms with Gasteiger partial charge in [-0.1, -0.05) is 12.1 Å². The third-order valence-electron chi connectivity index (χ3n) is 5.98. The standard InChI is InChI=1S/C21H28N4O3/c26-19-8-5-11-25(19)18-7-2-1-6-17(18)21(28)24-14-12-22(13-15-24)16-20(27)23-9-3-4-10-23/h1-2,6-7H,3-5,8-16H2. The number of carbonyl (C=O) groups is 3. The van der Waals surface area contributed by atoms with Crippen molar-refractivity contribution >= 4 is 23.4 Å². The molecule has 150 valence electrons. The van der Waals surface area contributed by atoms with Crippen LogP contribution in [0.15, 0.2) is 24.3 Å². The van der Waals surface area contributed by atoms with E-state index in [0.717, 1.165) is 38.0 Å². The fourth-order valence-corrected chi connectivity index (χ4v) is 4.33. The van der Waals surface area contributed by atoms with Crippen molar-refractivity contribution < 1.29 is 14.4 Å². The molecule has 0 bridgehead atoms. The van der Waals surface area contributed by atoms with E-state index in [2.05, 4.69) is 4.90 Å². The summed E-state index contributed by atoms with van der Waals surface area (Å²) in [4.78, 5) is 45.3. The Morgan fingerprint density at radius 2 is 1.54 bits per heavy atom. The SMILES string of the molecule is O=C(CN1CCN(C(=O)c2ccccc2N2CCCC2=O)CC1)N1CCCC1. The largest absolute Gasteiger partial charge is 0.342 e. The van der Waals surface area contributed by atoms with Crippen LogP contribution in [-0.2, 0) is 9.59 Å². The highest BCUT2D eigenvalue weighted by Crippen LogP contribution is 2.26. The van der Waals surface area contributed by atoms with Gasteiger partial charge < -0.3 is 14.7 Å². The number of likely N-dealkylation sites (tertiary alicyclic amines) is 1. The van der Waals surface area contributed by atoms with E-state index < -0.39 is 0 Å². The fraction of sp³-hybridized carbons (Fsp3) is 0.571. The van der Waals surface area contributed by atoms with Crippen molar-refractivity contribution in [3.8, 4) is 0 Å². The summed E-state index contributed by atoms with van der Waals surface area (Å²) in [7, 11) is 0. The first kappa shape index (κ1) is 18.9. The molecule has 3 fully saturated rings. The second kappa shape index (κ2) is 8.31. The summed E-state index contributed by atoms with van der Waals surface area (Å²) >= 11 is 0. The molecule has 7 heteroatoms. The van der Waals surface area contributed by atoms with Crippen molar-refractivity contribution in [2.75, 3.05) is 57.3 Å². The van der Waals surface area contributed by atoms with E-state index in [1.807, 2.05) is 34.1 Å². The molecule has 0 aliphatic carbocycles. The number of amides is 3. The Balaban J connectivity index is 1.37. The molecule has 0 spiro atoms. The molecule has 3 aliphatic rings. The number of carbonyl (C=O) groups excluding carboxylic acids is 3. The lowest BCUT2D eigenvalue weighted by Gasteiger charge is -2.35. The Hall–Kier alpha value is -2.41. The maximum absolute atomic E-state index is 13.1. The summed E-state index contributed by atoms with van der Waals surface area (Å²) in [6.07, 6.45) is 3.59. The summed E-state index contributed by atoms with van der Waals surface area (Å²) in [6.45, 7) is 5.50. The van der Waals surface area contributed by atoms with Gasteiger partial charge in [0.25, 0.3) is 5.91 Å². The summed E-state index contributed by atoms with van der Waals surface area (Å²) in [6, 6.07) is 7.40. The lowest BCUT2D eigenvalue weighted by Crippen LogP contribution is -2.51. The molecule has 28 heavy (non-hydrogen) atoms. The molecular weight excluding hydrogens is 356 g/mol. The molecule has 7 nitrogen and oxygen atoms in total. The van der Waals surface area contributed by atoms with Crippen molar-refractivity contribution in [3.63, 3.8) is 0 Å². The maximum atomic E-state index is 13.1. The summed E-state index contributed by atoms with van der Waals surface area (Å²) in [5, 5.41) is 0. The molecule has 1 aromatic carbocycles. The van der Waals surface area contributed by atoms with Crippen LogP contribution in [0.5, 0.6) is 0 Å². The molecule has 0 aromatic heterocycles. The van der Waals surface area contributed by atoms with Crippen LogP contribution in [0.1, 0.15) is 36.0 Å². The third kappa shape index (κ3) is 3.90. The Bertz CT molecular complexity index is 752. The number of hydrogen-bond donors (Lipinski definition) is 0. The number of anilines is 1. The molecule has 0 N–H and O–H groups in total. The van der Waals surface area contributed by atoms with Crippen LogP contribution >= 0.6 is 0 Å². The highest BCUT2D eigenvalue weighted by atomic mass is 16.2. The van der Waals surface area contributed by atoms with E-state index in [-0.39, 0.29) is 17.7 Å². The summed E-state index contributed by atoms with van der Waals surface area (Å²) in [5.74, 6) is 0.265. The Kier molecular flexibility index (Phi) is 5.62. The van der Waals surface area contributed by atoms with Gasteiger partial charge in [0, 0.05) is 52.2 Å². The van der Waals surface area contributed by atoms with Crippen molar-refractivity contribution in [3.05, 3.63) is 29.8 Å². The van der Waals surface area contributed by atoms with Crippen molar-refractivity contribution in [1.82, 2.24) is 14.7 Å². The van der Waals surface area contributed by atoms with Gasteiger partial charge in [-0.05, 0) is 31.4 Å².